The summed E-state index contributed by atoms with van der Waals surface area (Å²) >= 11 is 5.57. The number of aromatic nitrogens is 1. The van der Waals surface area contributed by atoms with Crippen LogP contribution < -0.4 is 10.0 Å². The molecule has 126 valence electrons. The molecule has 0 fully saturated rings. The number of thiazole rings is 1. The average Bonchev–Trinajstić information content (AvgIpc) is 3.12. The van der Waals surface area contributed by atoms with Gasteiger partial charge in [-0.25, -0.2) is 22.9 Å². The molecule has 2 heterocycles. The highest BCUT2D eigenvalue weighted by Crippen LogP contribution is 2.32. The maximum Gasteiger partial charge on any atom is 0.334 e. The Bertz CT molecular complexity index is 1010. The number of thiophene rings is 1. The minimum Gasteiger partial charge on any atom is -0.283 e. The van der Waals surface area contributed by atoms with Crippen molar-refractivity contribution in [3.05, 3.63) is 39.8 Å². The second-order valence-corrected chi connectivity index (χ2v) is 10.2. The molecule has 0 saturated heterocycles. The minimum absolute atomic E-state index is 0.105. The van der Waals surface area contributed by atoms with Gasteiger partial charge in [0, 0.05) is 4.70 Å². The molecule has 10 heteroatoms. The van der Waals surface area contributed by atoms with Gasteiger partial charge in [0.25, 0.3) is 10.0 Å². The Morgan fingerprint density at radius 1 is 1.33 bits per heavy atom. The summed E-state index contributed by atoms with van der Waals surface area (Å²) in [5.74, 6) is 0. The van der Waals surface area contributed by atoms with E-state index in [1.165, 1.54) is 17.5 Å². The number of carbonyl (C=O) groups excluding carboxylic acids is 1. The molecule has 0 aliphatic heterocycles. The molecule has 2 aromatic heterocycles. The Hall–Kier alpha value is -1.49. The number of nitrogens with one attached hydrogen (secondary N) is 2. The van der Waals surface area contributed by atoms with E-state index >= 15 is 0 Å². The van der Waals surface area contributed by atoms with Crippen molar-refractivity contribution >= 4 is 69.9 Å². The summed E-state index contributed by atoms with van der Waals surface area (Å²) in [6, 6.07) is 6.46. The quantitative estimate of drug-likeness (QED) is 0.629. The molecule has 3 aromatic rings. The Morgan fingerprint density at radius 3 is 2.79 bits per heavy atom. The van der Waals surface area contributed by atoms with Gasteiger partial charge < -0.3 is 0 Å². The molecule has 0 saturated carbocycles. The summed E-state index contributed by atoms with van der Waals surface area (Å²) < 4.78 is 28.6. The molecule has 0 radical (unpaired) electrons. The first kappa shape index (κ1) is 17.3. The van der Waals surface area contributed by atoms with Crippen molar-refractivity contribution in [3.63, 3.8) is 0 Å². The number of fused-ring (bicyclic) bond motifs is 1. The highest BCUT2D eigenvalue weighted by atomic mass is 79.9. The fourth-order valence-corrected chi connectivity index (χ4v) is 5.69. The lowest BCUT2D eigenvalue weighted by molar-refractivity contribution is 0.256. The first-order chi connectivity index (χ1) is 11.4. The first-order valence-corrected chi connectivity index (χ1v) is 10.8. The van der Waals surface area contributed by atoms with E-state index in [-0.39, 0.29) is 4.21 Å². The summed E-state index contributed by atoms with van der Waals surface area (Å²) in [5.41, 5.74) is 1.08. The predicted molar refractivity (Wildman–Crippen MR) is 100 cm³/mol. The Labute approximate surface area is 155 Å². The third-order valence-corrected chi connectivity index (χ3v) is 7.60. The van der Waals surface area contributed by atoms with Crippen LogP contribution in [0, 0.1) is 0 Å². The van der Waals surface area contributed by atoms with Crippen molar-refractivity contribution in [1.82, 2.24) is 9.71 Å². The van der Waals surface area contributed by atoms with Crippen LogP contribution in [0.1, 0.15) is 12.5 Å². The summed E-state index contributed by atoms with van der Waals surface area (Å²) in [6.07, 6.45) is 2.33. The molecule has 0 spiro atoms. The molecule has 0 bridgehead atoms. The third kappa shape index (κ3) is 3.61. The average molecular weight is 446 g/mol. The lowest BCUT2D eigenvalue weighted by atomic mass is 10.1. The lowest BCUT2D eigenvalue weighted by Crippen LogP contribution is -2.33. The number of halogens is 1. The normalized spacial score (nSPS) is 11.6. The van der Waals surface area contributed by atoms with Gasteiger partial charge in [-0.3, -0.25) is 5.32 Å². The topological polar surface area (TPSA) is 88.2 Å². The Morgan fingerprint density at radius 2 is 2.12 bits per heavy atom. The van der Waals surface area contributed by atoms with Crippen molar-refractivity contribution in [2.24, 2.45) is 0 Å². The van der Waals surface area contributed by atoms with Gasteiger partial charge in [0.2, 0.25) is 0 Å². The van der Waals surface area contributed by atoms with Crippen LogP contribution in [0.25, 0.3) is 10.1 Å². The van der Waals surface area contributed by atoms with Gasteiger partial charge in [-0.15, -0.1) is 11.3 Å². The van der Waals surface area contributed by atoms with Gasteiger partial charge in [0.15, 0.2) is 5.13 Å². The van der Waals surface area contributed by atoms with E-state index in [9.17, 15) is 13.2 Å². The number of rotatable bonds is 4. The molecule has 2 N–H and O–H groups in total. The molecule has 0 aliphatic carbocycles. The predicted octanol–water partition coefficient (Wildman–Crippen LogP) is 4.19. The second-order valence-electron chi connectivity index (χ2n) is 4.78. The van der Waals surface area contributed by atoms with Gasteiger partial charge in [-0.1, -0.05) is 36.5 Å². The van der Waals surface area contributed by atoms with Gasteiger partial charge >= 0.3 is 6.03 Å². The SMILES string of the molecule is CCc1cccc2cc(S(=O)(=O)NC(=O)Nc3ncc(Br)s3)sc12. The molecular formula is C14H12BrN3O3S3. The molecule has 6 nitrogen and oxygen atoms in total. The molecule has 24 heavy (non-hydrogen) atoms. The second kappa shape index (κ2) is 6.79. The van der Waals surface area contributed by atoms with E-state index in [1.807, 2.05) is 29.8 Å². The number of nitrogens with zero attached hydrogens (tertiary/aromatic N) is 1. The standard InChI is InChI=1S/C14H12BrN3O3S3/c1-2-8-4-3-5-9-6-11(23-12(8)9)24(20,21)18-13(19)17-14-16-7-10(15)22-14/h3-7H,2H2,1H3,(H2,16,17,18,19). The van der Waals surface area contributed by atoms with Gasteiger partial charge in [-0.05, 0) is 39.4 Å². The van der Waals surface area contributed by atoms with Crippen LogP contribution in [0.5, 0.6) is 0 Å². The van der Waals surface area contributed by atoms with Crippen molar-refractivity contribution < 1.29 is 13.2 Å². The van der Waals surface area contributed by atoms with Crippen LogP contribution in [-0.4, -0.2) is 19.4 Å². The third-order valence-electron chi connectivity index (χ3n) is 3.17. The van der Waals surface area contributed by atoms with E-state index in [1.54, 1.807) is 6.07 Å². The van der Waals surface area contributed by atoms with E-state index in [2.05, 4.69) is 26.2 Å². The van der Waals surface area contributed by atoms with Crippen LogP contribution >= 0.6 is 38.6 Å². The molecule has 0 atom stereocenters. The number of sulfonamides is 1. The lowest BCUT2D eigenvalue weighted by Gasteiger charge is -2.04. The van der Waals surface area contributed by atoms with Crippen molar-refractivity contribution in [1.29, 1.82) is 0 Å². The molecule has 2 amide bonds. The number of hydrogen-bond acceptors (Lipinski definition) is 6. The number of hydrogen-bond donors (Lipinski definition) is 2. The number of benzene rings is 1. The fourth-order valence-electron chi connectivity index (χ4n) is 2.12. The maximum atomic E-state index is 12.4. The number of amides is 2. The summed E-state index contributed by atoms with van der Waals surface area (Å²) in [6.45, 7) is 2.01. The maximum absolute atomic E-state index is 12.4. The van der Waals surface area contributed by atoms with E-state index in [0.29, 0.717) is 5.13 Å². The Balaban J connectivity index is 1.83. The first-order valence-electron chi connectivity index (χ1n) is 6.85. The van der Waals surface area contributed by atoms with Crippen molar-refractivity contribution in [3.8, 4) is 0 Å². The number of urea groups is 1. The largest absolute Gasteiger partial charge is 0.334 e. The molecular weight excluding hydrogens is 434 g/mol. The molecule has 3 rings (SSSR count). The van der Waals surface area contributed by atoms with Crippen LogP contribution in [0.4, 0.5) is 9.93 Å². The van der Waals surface area contributed by atoms with Crippen molar-refractivity contribution in [2.75, 3.05) is 5.32 Å². The van der Waals surface area contributed by atoms with E-state index in [0.717, 1.165) is 37.2 Å². The van der Waals surface area contributed by atoms with Crippen LogP contribution in [0.15, 0.2) is 38.5 Å². The van der Waals surface area contributed by atoms with Crippen LogP contribution in [0.2, 0.25) is 0 Å². The van der Waals surface area contributed by atoms with Crippen LogP contribution in [-0.2, 0) is 16.4 Å². The smallest absolute Gasteiger partial charge is 0.283 e. The van der Waals surface area contributed by atoms with Gasteiger partial charge in [0.1, 0.15) is 4.21 Å². The zero-order valence-electron chi connectivity index (χ0n) is 12.4. The summed E-state index contributed by atoms with van der Waals surface area (Å²) in [5, 5.41) is 3.55. The Kier molecular flexibility index (Phi) is 4.90. The fraction of sp³-hybridized carbons (Fsp3) is 0.143. The van der Waals surface area contributed by atoms with Gasteiger partial charge in [0.05, 0.1) is 9.98 Å². The highest BCUT2D eigenvalue weighted by molar-refractivity contribution is 9.11. The van der Waals surface area contributed by atoms with Crippen molar-refractivity contribution in [2.45, 2.75) is 17.6 Å². The summed E-state index contributed by atoms with van der Waals surface area (Å²) in [7, 11) is -3.94. The monoisotopic (exact) mass is 445 g/mol. The number of aryl methyl sites for hydroxylation is 1. The molecule has 1 aromatic carbocycles. The molecule has 0 unspecified atom stereocenters. The van der Waals surface area contributed by atoms with E-state index in [4.69, 9.17) is 0 Å². The zero-order valence-corrected chi connectivity index (χ0v) is 16.4. The number of anilines is 1. The van der Waals surface area contributed by atoms with E-state index < -0.39 is 16.1 Å². The molecule has 0 aliphatic rings. The highest BCUT2D eigenvalue weighted by Gasteiger charge is 2.21. The zero-order chi connectivity index (χ0) is 17.3. The number of carbonyl (C=O) groups is 1. The van der Waals surface area contributed by atoms with Gasteiger partial charge in [-0.2, -0.15) is 0 Å². The van der Waals surface area contributed by atoms with Crippen LogP contribution in [0.3, 0.4) is 0 Å². The summed E-state index contributed by atoms with van der Waals surface area (Å²) in [4.78, 5) is 15.8. The minimum atomic E-state index is -3.94.